The maximum Gasteiger partial charge on any atom is 0.494 e. The van der Waals surface area contributed by atoms with Gasteiger partial charge in [0.15, 0.2) is 0 Å². The number of ether oxygens (including phenoxy) is 1. The highest BCUT2D eigenvalue weighted by Gasteiger charge is 2.51. The van der Waals surface area contributed by atoms with E-state index in [1.807, 2.05) is 34.6 Å². The second-order valence-corrected chi connectivity index (χ2v) is 6.12. The molecule has 5 nitrogen and oxygen atoms in total. The van der Waals surface area contributed by atoms with Gasteiger partial charge in [0, 0.05) is 0 Å². The fourth-order valence-electron chi connectivity index (χ4n) is 2.11. The van der Waals surface area contributed by atoms with E-state index in [0.29, 0.717) is 17.8 Å². The zero-order valence-electron chi connectivity index (χ0n) is 13.1. The van der Waals surface area contributed by atoms with Crippen LogP contribution in [-0.4, -0.2) is 36.0 Å². The average molecular weight is 292 g/mol. The van der Waals surface area contributed by atoms with E-state index in [2.05, 4.69) is 0 Å². The van der Waals surface area contributed by atoms with E-state index in [1.54, 1.807) is 12.1 Å². The van der Waals surface area contributed by atoms with Gasteiger partial charge in [0.25, 0.3) is 0 Å². The predicted octanol–water partition coefficient (Wildman–Crippen LogP) is 2.08. The molecule has 1 saturated heterocycles. The molecule has 0 bridgehead atoms. The van der Waals surface area contributed by atoms with Crippen LogP contribution in [0.2, 0.25) is 0 Å². The number of carboxylic acids is 1. The molecule has 1 fully saturated rings. The van der Waals surface area contributed by atoms with Crippen molar-refractivity contribution in [2.45, 2.75) is 45.8 Å². The Morgan fingerprint density at radius 1 is 1.19 bits per heavy atom. The zero-order chi connectivity index (χ0) is 15.8. The van der Waals surface area contributed by atoms with Crippen molar-refractivity contribution in [1.82, 2.24) is 0 Å². The molecule has 1 aliphatic heterocycles. The van der Waals surface area contributed by atoms with E-state index in [9.17, 15) is 9.90 Å². The highest BCUT2D eigenvalue weighted by molar-refractivity contribution is 6.62. The molecule has 0 saturated carbocycles. The molecule has 0 amide bonds. The SMILES string of the molecule is CCOc1cc(B2OC(C)(C)C(C)(C)O2)cc(C(=O)O)c1. The van der Waals surface area contributed by atoms with Crippen LogP contribution in [0, 0.1) is 0 Å². The Kier molecular flexibility index (Phi) is 4.04. The minimum atomic E-state index is -1.01. The molecule has 114 valence electrons. The molecule has 0 spiro atoms. The van der Waals surface area contributed by atoms with E-state index < -0.39 is 24.3 Å². The Bertz CT molecular complexity index is 537. The van der Waals surface area contributed by atoms with Gasteiger partial charge in [-0.25, -0.2) is 4.79 Å². The van der Waals surface area contributed by atoms with E-state index in [-0.39, 0.29) is 5.56 Å². The summed E-state index contributed by atoms with van der Waals surface area (Å²) >= 11 is 0. The highest BCUT2D eigenvalue weighted by atomic mass is 16.7. The maximum absolute atomic E-state index is 11.2. The van der Waals surface area contributed by atoms with Crippen LogP contribution in [0.15, 0.2) is 18.2 Å². The summed E-state index contributed by atoms with van der Waals surface area (Å²) in [5, 5.41) is 9.21. The number of hydrogen-bond acceptors (Lipinski definition) is 4. The van der Waals surface area contributed by atoms with Gasteiger partial charge in [-0.05, 0) is 58.3 Å². The lowest BCUT2D eigenvalue weighted by Crippen LogP contribution is -2.41. The van der Waals surface area contributed by atoms with Gasteiger partial charge in [-0.2, -0.15) is 0 Å². The summed E-state index contributed by atoms with van der Waals surface area (Å²) in [6.07, 6.45) is 0. The van der Waals surface area contributed by atoms with Crippen LogP contribution in [-0.2, 0) is 9.31 Å². The Morgan fingerprint density at radius 3 is 2.24 bits per heavy atom. The average Bonchev–Trinajstić information content (AvgIpc) is 2.58. The number of benzene rings is 1. The highest BCUT2D eigenvalue weighted by Crippen LogP contribution is 2.36. The molecule has 0 atom stereocenters. The first-order chi connectivity index (χ1) is 9.66. The molecule has 6 heteroatoms. The van der Waals surface area contributed by atoms with Crippen molar-refractivity contribution in [2.24, 2.45) is 0 Å². The molecule has 1 aromatic carbocycles. The molecule has 1 aliphatic rings. The van der Waals surface area contributed by atoms with Gasteiger partial charge in [-0.3, -0.25) is 0 Å². The van der Waals surface area contributed by atoms with Crippen LogP contribution in [0.5, 0.6) is 5.75 Å². The van der Waals surface area contributed by atoms with E-state index in [0.717, 1.165) is 0 Å². The van der Waals surface area contributed by atoms with Gasteiger partial charge < -0.3 is 19.2 Å². The molecule has 0 aliphatic carbocycles. The summed E-state index contributed by atoms with van der Waals surface area (Å²) in [5.74, 6) is -0.503. The van der Waals surface area contributed by atoms with Crippen molar-refractivity contribution in [1.29, 1.82) is 0 Å². The van der Waals surface area contributed by atoms with Crippen LogP contribution < -0.4 is 10.2 Å². The van der Waals surface area contributed by atoms with Crippen molar-refractivity contribution >= 4 is 18.6 Å². The first kappa shape index (κ1) is 15.9. The smallest absolute Gasteiger partial charge is 0.494 e. The summed E-state index contributed by atoms with van der Waals surface area (Å²) in [6.45, 7) is 10.1. The van der Waals surface area contributed by atoms with Crippen LogP contribution >= 0.6 is 0 Å². The largest absolute Gasteiger partial charge is 0.494 e. The first-order valence-electron chi connectivity index (χ1n) is 7.03. The van der Waals surface area contributed by atoms with Crippen molar-refractivity contribution in [2.75, 3.05) is 6.61 Å². The molecular weight excluding hydrogens is 271 g/mol. The predicted molar refractivity (Wildman–Crippen MR) is 80.3 cm³/mol. The molecule has 0 radical (unpaired) electrons. The Balaban J connectivity index is 2.38. The number of rotatable bonds is 4. The van der Waals surface area contributed by atoms with Gasteiger partial charge >= 0.3 is 13.1 Å². The number of carbonyl (C=O) groups is 1. The fourth-order valence-corrected chi connectivity index (χ4v) is 2.11. The summed E-state index contributed by atoms with van der Waals surface area (Å²) in [5.41, 5.74) is -0.131. The van der Waals surface area contributed by atoms with Crippen LogP contribution in [0.25, 0.3) is 0 Å². The van der Waals surface area contributed by atoms with Crippen molar-refractivity contribution in [3.63, 3.8) is 0 Å². The molecular formula is C15H21BO5. The lowest BCUT2D eigenvalue weighted by atomic mass is 9.78. The molecule has 0 unspecified atom stereocenters. The molecule has 2 rings (SSSR count). The third-order valence-corrected chi connectivity index (χ3v) is 4.01. The second kappa shape index (κ2) is 5.35. The summed E-state index contributed by atoms with van der Waals surface area (Å²) in [4.78, 5) is 11.2. The Labute approximate surface area is 125 Å². The fraction of sp³-hybridized carbons (Fsp3) is 0.533. The topological polar surface area (TPSA) is 65.0 Å². The molecule has 1 heterocycles. The van der Waals surface area contributed by atoms with Gasteiger partial charge in [-0.1, -0.05) is 0 Å². The van der Waals surface area contributed by atoms with Gasteiger partial charge in [0.1, 0.15) is 5.75 Å². The van der Waals surface area contributed by atoms with E-state index >= 15 is 0 Å². The molecule has 1 aromatic rings. The Morgan fingerprint density at radius 2 is 1.76 bits per heavy atom. The summed E-state index contributed by atoms with van der Waals surface area (Å²) < 4.78 is 17.3. The maximum atomic E-state index is 11.2. The van der Waals surface area contributed by atoms with Gasteiger partial charge in [0.2, 0.25) is 0 Å². The van der Waals surface area contributed by atoms with Gasteiger partial charge in [0.05, 0.1) is 23.4 Å². The minimum Gasteiger partial charge on any atom is -0.494 e. The standard InChI is InChI=1S/C15H21BO5/c1-6-19-12-8-10(13(17)18)7-11(9-12)16-20-14(2,3)15(4,5)21-16/h7-9H,6H2,1-5H3,(H,17,18). The molecule has 1 N–H and O–H groups in total. The van der Waals surface area contributed by atoms with E-state index in [4.69, 9.17) is 14.0 Å². The lowest BCUT2D eigenvalue weighted by molar-refractivity contribution is 0.00578. The third-order valence-electron chi connectivity index (χ3n) is 4.01. The van der Waals surface area contributed by atoms with Crippen molar-refractivity contribution in [3.8, 4) is 5.75 Å². The quantitative estimate of drug-likeness (QED) is 0.861. The summed E-state index contributed by atoms with van der Waals surface area (Å²) in [7, 11) is -0.603. The second-order valence-electron chi connectivity index (χ2n) is 6.12. The normalized spacial score (nSPS) is 19.6. The van der Waals surface area contributed by atoms with Crippen LogP contribution in [0.4, 0.5) is 0 Å². The number of aromatic carboxylic acids is 1. The first-order valence-corrected chi connectivity index (χ1v) is 7.03. The number of hydrogen-bond donors (Lipinski definition) is 1. The number of carboxylic acid groups (broad SMARTS) is 1. The minimum absolute atomic E-state index is 0.158. The van der Waals surface area contributed by atoms with Crippen LogP contribution in [0.3, 0.4) is 0 Å². The Hall–Kier alpha value is -1.53. The molecule has 21 heavy (non-hydrogen) atoms. The molecule has 0 aromatic heterocycles. The van der Waals surface area contributed by atoms with Crippen LogP contribution in [0.1, 0.15) is 45.0 Å². The zero-order valence-corrected chi connectivity index (χ0v) is 13.1. The summed E-state index contributed by atoms with van der Waals surface area (Å²) in [6, 6.07) is 4.83. The lowest BCUT2D eigenvalue weighted by Gasteiger charge is -2.32. The van der Waals surface area contributed by atoms with Gasteiger partial charge in [-0.15, -0.1) is 0 Å². The van der Waals surface area contributed by atoms with E-state index in [1.165, 1.54) is 6.07 Å². The monoisotopic (exact) mass is 292 g/mol. The third kappa shape index (κ3) is 3.06. The van der Waals surface area contributed by atoms with Crippen molar-refractivity contribution in [3.05, 3.63) is 23.8 Å². The van der Waals surface area contributed by atoms with Crippen molar-refractivity contribution < 1.29 is 23.9 Å².